The summed E-state index contributed by atoms with van der Waals surface area (Å²) in [5.74, 6) is 0.636. The van der Waals surface area contributed by atoms with E-state index in [2.05, 4.69) is 14.7 Å². The molecular formula is C18H18ClF3N4O5S. The number of benzene rings is 2. The van der Waals surface area contributed by atoms with Gasteiger partial charge in [0.2, 0.25) is 10.0 Å². The number of hydrogen-bond acceptors (Lipinski definition) is 8. The van der Waals surface area contributed by atoms with Crippen molar-refractivity contribution in [3.63, 3.8) is 0 Å². The summed E-state index contributed by atoms with van der Waals surface area (Å²) in [5.41, 5.74) is 5.54. The van der Waals surface area contributed by atoms with Crippen LogP contribution in [0, 0.1) is 0 Å². The van der Waals surface area contributed by atoms with Crippen LogP contribution in [0.4, 0.5) is 18.9 Å². The molecule has 9 nitrogen and oxygen atoms in total. The molecule has 0 aliphatic heterocycles. The molecule has 3 rings (SSSR count). The average Bonchev–Trinajstić information content (AvgIpc) is 2.74. The predicted molar refractivity (Wildman–Crippen MR) is 111 cm³/mol. The van der Waals surface area contributed by atoms with Gasteiger partial charge in [-0.15, -0.1) is 13.2 Å². The standard InChI is InChI=1S/C10H9ClN2O2.C8H9F3N2O3S/c1-14-6-3-7-9(8(4-6)15-2)10(11)13-5-12-7;1-13-17(14,15)5-2-3-7(6(12)4-5)16-8(9,10)11/h3-5H,1-2H3;2-4,13H,12H2,1H3. The van der Waals surface area contributed by atoms with Gasteiger partial charge in [-0.3, -0.25) is 0 Å². The van der Waals surface area contributed by atoms with E-state index in [9.17, 15) is 21.6 Å². The summed E-state index contributed by atoms with van der Waals surface area (Å²) in [4.78, 5) is 7.77. The Hall–Kier alpha value is -3.03. The molecule has 0 spiro atoms. The molecule has 0 atom stereocenters. The first-order valence-electron chi connectivity index (χ1n) is 8.53. The van der Waals surface area contributed by atoms with Crippen LogP contribution >= 0.6 is 11.6 Å². The van der Waals surface area contributed by atoms with Crippen LogP contribution in [-0.2, 0) is 10.0 Å². The largest absolute Gasteiger partial charge is 0.573 e. The summed E-state index contributed by atoms with van der Waals surface area (Å²) in [6.45, 7) is 0. The van der Waals surface area contributed by atoms with Crippen LogP contribution < -0.4 is 24.7 Å². The summed E-state index contributed by atoms with van der Waals surface area (Å²) in [7, 11) is 0.578. The lowest BCUT2D eigenvalue weighted by Crippen LogP contribution is -2.20. The number of sulfonamides is 1. The van der Waals surface area contributed by atoms with E-state index in [0.29, 0.717) is 27.6 Å². The molecule has 0 saturated heterocycles. The Morgan fingerprint density at radius 3 is 2.28 bits per heavy atom. The number of aromatic nitrogens is 2. The van der Waals surface area contributed by atoms with Crippen LogP contribution in [-0.4, -0.2) is 46.0 Å². The van der Waals surface area contributed by atoms with Crippen molar-refractivity contribution in [2.24, 2.45) is 0 Å². The molecule has 1 heterocycles. The number of hydrogen-bond donors (Lipinski definition) is 2. The molecule has 32 heavy (non-hydrogen) atoms. The zero-order valence-corrected chi connectivity index (χ0v) is 18.5. The first-order chi connectivity index (χ1) is 14.9. The second kappa shape index (κ2) is 10.1. The van der Waals surface area contributed by atoms with Crippen molar-refractivity contribution in [3.8, 4) is 17.2 Å². The molecule has 174 valence electrons. The van der Waals surface area contributed by atoms with Crippen molar-refractivity contribution >= 4 is 38.2 Å². The quantitative estimate of drug-likeness (QED) is 0.408. The number of halogens is 4. The van der Waals surface area contributed by atoms with Crippen LogP contribution in [0.5, 0.6) is 17.2 Å². The van der Waals surface area contributed by atoms with Crippen LogP contribution in [0.15, 0.2) is 41.6 Å². The Labute approximate surface area is 186 Å². The molecule has 3 aromatic rings. The van der Waals surface area contributed by atoms with Crippen molar-refractivity contribution in [1.82, 2.24) is 14.7 Å². The highest BCUT2D eigenvalue weighted by Crippen LogP contribution is 2.33. The number of ether oxygens (including phenoxy) is 3. The minimum atomic E-state index is -4.88. The summed E-state index contributed by atoms with van der Waals surface area (Å²) < 4.78 is 74.3. The van der Waals surface area contributed by atoms with E-state index in [1.165, 1.54) is 13.4 Å². The summed E-state index contributed by atoms with van der Waals surface area (Å²) in [5, 5.41) is 1.07. The summed E-state index contributed by atoms with van der Waals surface area (Å²) in [6.07, 6.45) is -3.47. The summed E-state index contributed by atoms with van der Waals surface area (Å²) >= 11 is 5.96. The van der Waals surface area contributed by atoms with Crippen molar-refractivity contribution in [1.29, 1.82) is 0 Å². The fourth-order valence-corrected chi connectivity index (χ4v) is 3.40. The van der Waals surface area contributed by atoms with Crippen molar-refractivity contribution in [2.75, 3.05) is 27.0 Å². The maximum atomic E-state index is 11.9. The predicted octanol–water partition coefficient (Wildman–Crippen LogP) is 3.38. The van der Waals surface area contributed by atoms with Crippen LogP contribution in [0.2, 0.25) is 5.15 Å². The normalized spacial score (nSPS) is 11.5. The Balaban J connectivity index is 0.000000228. The number of nitrogens with zero attached hydrogens (tertiary/aromatic N) is 2. The fourth-order valence-electron chi connectivity index (χ4n) is 2.40. The maximum absolute atomic E-state index is 11.9. The van der Waals surface area contributed by atoms with Gasteiger partial charge < -0.3 is 19.9 Å². The topological polar surface area (TPSA) is 126 Å². The molecule has 0 saturated carbocycles. The number of nitrogen functional groups attached to an aromatic ring is 1. The minimum Gasteiger partial charge on any atom is -0.497 e. The molecule has 2 aromatic carbocycles. The van der Waals surface area contributed by atoms with Gasteiger partial charge in [0.05, 0.1) is 35.7 Å². The van der Waals surface area contributed by atoms with E-state index in [1.54, 1.807) is 26.4 Å². The molecule has 0 amide bonds. The third-order valence-electron chi connectivity index (χ3n) is 3.87. The number of rotatable bonds is 5. The second-order valence-electron chi connectivity index (χ2n) is 5.84. The molecule has 14 heteroatoms. The minimum absolute atomic E-state index is 0.243. The van der Waals surface area contributed by atoms with Crippen molar-refractivity contribution in [2.45, 2.75) is 11.3 Å². The van der Waals surface area contributed by atoms with Gasteiger partial charge >= 0.3 is 6.36 Å². The van der Waals surface area contributed by atoms with Crippen molar-refractivity contribution in [3.05, 3.63) is 41.8 Å². The monoisotopic (exact) mass is 494 g/mol. The summed E-state index contributed by atoms with van der Waals surface area (Å²) in [6, 6.07) is 6.21. The first kappa shape index (κ1) is 25.2. The number of methoxy groups -OCH3 is 2. The zero-order chi connectivity index (χ0) is 24.1. The SMILES string of the molecule is CNS(=O)(=O)c1ccc(OC(F)(F)F)c(N)c1.COc1cc(OC)c2c(Cl)ncnc2c1. The molecule has 0 aliphatic carbocycles. The van der Waals surface area contributed by atoms with Crippen LogP contribution in [0.25, 0.3) is 10.9 Å². The van der Waals surface area contributed by atoms with Crippen LogP contribution in [0.1, 0.15) is 0 Å². The molecule has 0 unspecified atom stereocenters. The van der Waals surface area contributed by atoms with Crippen molar-refractivity contribution < 1.29 is 35.8 Å². The van der Waals surface area contributed by atoms with E-state index < -0.39 is 27.8 Å². The average molecular weight is 495 g/mol. The Morgan fingerprint density at radius 1 is 1.06 bits per heavy atom. The highest BCUT2D eigenvalue weighted by Gasteiger charge is 2.32. The van der Waals surface area contributed by atoms with E-state index in [-0.39, 0.29) is 4.90 Å². The number of fused-ring (bicyclic) bond motifs is 1. The van der Waals surface area contributed by atoms with E-state index >= 15 is 0 Å². The third kappa shape index (κ3) is 6.24. The maximum Gasteiger partial charge on any atom is 0.573 e. The molecule has 0 bridgehead atoms. The highest BCUT2D eigenvalue weighted by molar-refractivity contribution is 7.89. The lowest BCUT2D eigenvalue weighted by atomic mass is 10.2. The number of nitrogens with two attached hydrogens (primary N) is 1. The molecule has 0 fully saturated rings. The van der Waals surface area contributed by atoms with Gasteiger partial charge in [-0.1, -0.05) is 11.6 Å². The highest BCUT2D eigenvalue weighted by atomic mass is 35.5. The Morgan fingerprint density at radius 2 is 1.75 bits per heavy atom. The number of nitrogens with one attached hydrogen (secondary N) is 1. The Kier molecular flexibility index (Phi) is 7.93. The zero-order valence-electron chi connectivity index (χ0n) is 16.9. The third-order valence-corrected chi connectivity index (χ3v) is 5.57. The molecular weight excluding hydrogens is 477 g/mol. The lowest BCUT2D eigenvalue weighted by molar-refractivity contribution is -0.274. The number of anilines is 1. The lowest BCUT2D eigenvalue weighted by Gasteiger charge is -2.12. The van der Waals surface area contributed by atoms with Gasteiger partial charge in [-0.2, -0.15) is 0 Å². The molecule has 0 aliphatic rings. The molecule has 0 radical (unpaired) electrons. The Bertz CT molecular complexity index is 1210. The fraction of sp³-hybridized carbons (Fsp3) is 0.222. The first-order valence-corrected chi connectivity index (χ1v) is 10.4. The van der Waals surface area contributed by atoms with Crippen LogP contribution in [0.3, 0.4) is 0 Å². The van der Waals surface area contributed by atoms with Gasteiger partial charge in [0.25, 0.3) is 0 Å². The van der Waals surface area contributed by atoms with Gasteiger partial charge in [0.15, 0.2) is 5.75 Å². The smallest absolute Gasteiger partial charge is 0.497 e. The number of alkyl halides is 3. The van der Waals surface area contributed by atoms with E-state index in [4.69, 9.17) is 26.8 Å². The second-order valence-corrected chi connectivity index (χ2v) is 8.09. The van der Waals surface area contributed by atoms with E-state index in [0.717, 1.165) is 18.2 Å². The van der Waals surface area contributed by atoms with Gasteiger partial charge in [0, 0.05) is 12.1 Å². The molecule has 1 aromatic heterocycles. The van der Waals surface area contributed by atoms with Gasteiger partial charge in [-0.25, -0.2) is 23.1 Å². The van der Waals surface area contributed by atoms with Gasteiger partial charge in [-0.05, 0) is 25.2 Å². The molecule has 3 N–H and O–H groups in total. The van der Waals surface area contributed by atoms with Gasteiger partial charge in [0.1, 0.15) is 23.0 Å². The van der Waals surface area contributed by atoms with E-state index in [1.807, 2.05) is 4.72 Å².